The Morgan fingerprint density at radius 1 is 1.16 bits per heavy atom. The van der Waals surface area contributed by atoms with Crippen molar-refractivity contribution in [2.75, 3.05) is 50.7 Å². The second kappa shape index (κ2) is 11.8. The fourth-order valence-corrected chi connectivity index (χ4v) is 2.47. The van der Waals surface area contributed by atoms with Gasteiger partial charge in [0.1, 0.15) is 6.54 Å². The highest BCUT2D eigenvalue weighted by molar-refractivity contribution is 14.0. The third-order valence-electron chi connectivity index (χ3n) is 3.69. The van der Waals surface area contributed by atoms with Crippen LogP contribution in [0.25, 0.3) is 0 Å². The van der Waals surface area contributed by atoms with Gasteiger partial charge in [-0.3, -0.25) is 4.79 Å². The number of hydrogen-bond donors (Lipinski definition) is 2. The molecule has 1 saturated heterocycles. The first kappa shape index (κ1) is 21.4. The molecule has 1 aromatic heterocycles. The molecule has 2 rings (SSSR count). The van der Waals surface area contributed by atoms with Crippen LogP contribution in [0, 0.1) is 0 Å². The van der Waals surface area contributed by atoms with Gasteiger partial charge in [0.05, 0.1) is 0 Å². The number of nitrogens with zero attached hydrogens (tertiary/aromatic N) is 5. The summed E-state index contributed by atoms with van der Waals surface area (Å²) in [6, 6.07) is 1.82. The van der Waals surface area contributed by atoms with Crippen LogP contribution >= 0.6 is 24.0 Å². The first-order valence-corrected chi connectivity index (χ1v) is 8.56. The van der Waals surface area contributed by atoms with Crippen molar-refractivity contribution in [2.24, 2.45) is 4.99 Å². The van der Waals surface area contributed by atoms with Gasteiger partial charge in [-0.1, -0.05) is 6.92 Å². The van der Waals surface area contributed by atoms with Gasteiger partial charge in [-0.15, -0.1) is 24.0 Å². The number of guanidine groups is 1. The smallest absolute Gasteiger partial charge is 0.241 e. The number of amides is 1. The first-order valence-electron chi connectivity index (χ1n) is 8.56. The van der Waals surface area contributed by atoms with Crippen molar-refractivity contribution in [3.63, 3.8) is 0 Å². The Labute approximate surface area is 166 Å². The number of aromatic nitrogens is 2. The predicted molar refractivity (Wildman–Crippen MR) is 111 cm³/mol. The minimum atomic E-state index is -0.0384. The average molecular weight is 461 g/mol. The zero-order valence-electron chi connectivity index (χ0n) is 14.9. The lowest BCUT2D eigenvalue weighted by Crippen LogP contribution is -2.53. The van der Waals surface area contributed by atoms with Crippen LogP contribution in [-0.4, -0.2) is 72.5 Å². The van der Waals surface area contributed by atoms with E-state index in [1.54, 1.807) is 12.4 Å². The Morgan fingerprint density at radius 2 is 1.84 bits per heavy atom. The van der Waals surface area contributed by atoms with Crippen molar-refractivity contribution >= 4 is 41.8 Å². The maximum absolute atomic E-state index is 11.7. The molecular formula is C16H28IN7O. The standard InChI is InChI=1S/C16H27N7O.HI/c1-3-6-18-14(24)13-21-15(17-4-2)22-9-11-23(12-10-22)16-19-7-5-8-20-16;/h5,7-8H,3-4,6,9-13H2,1-2H3,(H,17,21)(H,18,24);1H. The van der Waals surface area contributed by atoms with Crippen LogP contribution in [0.2, 0.25) is 0 Å². The van der Waals surface area contributed by atoms with Crippen LogP contribution in [0.1, 0.15) is 20.3 Å². The summed E-state index contributed by atoms with van der Waals surface area (Å²) >= 11 is 0. The summed E-state index contributed by atoms with van der Waals surface area (Å²) in [6.45, 7) is 8.99. The lowest BCUT2D eigenvalue weighted by Gasteiger charge is -2.36. The number of carbonyl (C=O) groups excluding carboxylic acids is 1. The number of rotatable bonds is 6. The zero-order valence-corrected chi connectivity index (χ0v) is 17.3. The maximum Gasteiger partial charge on any atom is 0.241 e. The molecule has 1 fully saturated rings. The molecule has 8 nitrogen and oxygen atoms in total. The fraction of sp³-hybridized carbons (Fsp3) is 0.625. The minimum absolute atomic E-state index is 0. The summed E-state index contributed by atoms with van der Waals surface area (Å²) in [5, 5.41) is 6.11. The molecule has 0 spiro atoms. The van der Waals surface area contributed by atoms with E-state index in [9.17, 15) is 4.79 Å². The maximum atomic E-state index is 11.7. The molecule has 1 aromatic rings. The minimum Gasteiger partial charge on any atom is -0.357 e. The number of aliphatic imine (C=N–C) groups is 1. The molecule has 0 radical (unpaired) electrons. The van der Waals surface area contributed by atoms with E-state index in [0.717, 1.165) is 51.1 Å². The van der Waals surface area contributed by atoms with Crippen LogP contribution in [0.4, 0.5) is 5.95 Å². The SMILES string of the molecule is CCCNC(=O)CN=C(NCC)N1CCN(c2ncccn2)CC1.I. The third kappa shape index (κ3) is 7.00. The molecule has 9 heteroatoms. The van der Waals surface area contributed by atoms with Crippen molar-refractivity contribution in [3.8, 4) is 0 Å². The summed E-state index contributed by atoms with van der Waals surface area (Å²) < 4.78 is 0. The van der Waals surface area contributed by atoms with E-state index >= 15 is 0 Å². The second-order valence-electron chi connectivity index (χ2n) is 5.54. The number of anilines is 1. The summed E-state index contributed by atoms with van der Waals surface area (Å²) in [5.41, 5.74) is 0. The molecule has 0 saturated carbocycles. The van der Waals surface area contributed by atoms with Crippen molar-refractivity contribution in [1.29, 1.82) is 0 Å². The predicted octanol–water partition coefficient (Wildman–Crippen LogP) is 0.708. The average Bonchev–Trinajstić information content (AvgIpc) is 2.64. The monoisotopic (exact) mass is 461 g/mol. The van der Waals surface area contributed by atoms with Crippen LogP contribution in [0.15, 0.2) is 23.5 Å². The Morgan fingerprint density at radius 3 is 2.44 bits per heavy atom. The normalized spacial score (nSPS) is 14.7. The molecule has 0 bridgehead atoms. The van der Waals surface area contributed by atoms with E-state index in [-0.39, 0.29) is 36.4 Å². The number of carbonyl (C=O) groups is 1. The molecule has 0 aromatic carbocycles. The van der Waals surface area contributed by atoms with Crippen LogP contribution < -0.4 is 15.5 Å². The molecule has 0 atom stereocenters. The fourth-order valence-electron chi connectivity index (χ4n) is 2.47. The van der Waals surface area contributed by atoms with Crippen molar-refractivity contribution in [1.82, 2.24) is 25.5 Å². The van der Waals surface area contributed by atoms with Crippen LogP contribution in [0.5, 0.6) is 0 Å². The Bertz CT molecular complexity index is 533. The van der Waals surface area contributed by atoms with Crippen LogP contribution in [-0.2, 0) is 4.79 Å². The molecule has 2 heterocycles. The highest BCUT2D eigenvalue weighted by Gasteiger charge is 2.21. The van der Waals surface area contributed by atoms with Gasteiger partial charge in [0.2, 0.25) is 11.9 Å². The number of hydrogen-bond acceptors (Lipinski definition) is 5. The van der Waals surface area contributed by atoms with E-state index in [4.69, 9.17) is 0 Å². The van der Waals surface area contributed by atoms with Crippen molar-refractivity contribution in [3.05, 3.63) is 18.5 Å². The van der Waals surface area contributed by atoms with Crippen molar-refractivity contribution in [2.45, 2.75) is 20.3 Å². The topological polar surface area (TPSA) is 85.8 Å². The quantitative estimate of drug-likeness (QED) is 0.369. The van der Waals surface area contributed by atoms with E-state index in [2.05, 4.69) is 35.4 Å². The summed E-state index contributed by atoms with van der Waals surface area (Å²) in [4.78, 5) is 29.1. The van der Waals surface area contributed by atoms with Gasteiger partial charge in [-0.25, -0.2) is 15.0 Å². The van der Waals surface area contributed by atoms with Gasteiger partial charge in [-0.2, -0.15) is 0 Å². The molecule has 0 unspecified atom stereocenters. The van der Waals surface area contributed by atoms with Gasteiger partial charge in [0.25, 0.3) is 0 Å². The largest absolute Gasteiger partial charge is 0.357 e. The number of piperazine rings is 1. The molecular weight excluding hydrogens is 433 g/mol. The highest BCUT2D eigenvalue weighted by atomic mass is 127. The van der Waals surface area contributed by atoms with Gasteiger partial charge in [0, 0.05) is 51.7 Å². The first-order chi connectivity index (χ1) is 11.7. The van der Waals surface area contributed by atoms with Gasteiger partial charge >= 0.3 is 0 Å². The summed E-state index contributed by atoms with van der Waals surface area (Å²) in [5.74, 6) is 1.51. The second-order valence-corrected chi connectivity index (χ2v) is 5.54. The van der Waals surface area contributed by atoms with Gasteiger partial charge in [-0.05, 0) is 19.4 Å². The summed E-state index contributed by atoms with van der Waals surface area (Å²) in [6.07, 6.45) is 4.45. The molecule has 2 N–H and O–H groups in total. The summed E-state index contributed by atoms with van der Waals surface area (Å²) in [7, 11) is 0. The zero-order chi connectivity index (χ0) is 17.2. The van der Waals surface area contributed by atoms with Crippen LogP contribution in [0.3, 0.4) is 0 Å². The Hall–Kier alpha value is -1.65. The number of nitrogens with one attached hydrogen (secondary N) is 2. The molecule has 25 heavy (non-hydrogen) atoms. The Balaban J connectivity index is 0.00000312. The Kier molecular flexibility index (Phi) is 10.1. The van der Waals surface area contributed by atoms with Gasteiger partial charge < -0.3 is 20.4 Å². The highest BCUT2D eigenvalue weighted by Crippen LogP contribution is 2.09. The molecule has 1 aliphatic rings. The van der Waals surface area contributed by atoms with E-state index in [0.29, 0.717) is 6.54 Å². The number of halogens is 1. The molecule has 1 amide bonds. The van der Waals surface area contributed by atoms with E-state index in [1.165, 1.54) is 0 Å². The van der Waals surface area contributed by atoms with E-state index < -0.39 is 0 Å². The lowest BCUT2D eigenvalue weighted by atomic mass is 10.3. The van der Waals surface area contributed by atoms with E-state index in [1.807, 2.05) is 19.9 Å². The van der Waals surface area contributed by atoms with Crippen molar-refractivity contribution < 1.29 is 4.79 Å². The molecule has 140 valence electrons. The molecule has 1 aliphatic heterocycles. The third-order valence-corrected chi connectivity index (χ3v) is 3.69. The van der Waals surface area contributed by atoms with Gasteiger partial charge in [0.15, 0.2) is 5.96 Å². The lowest BCUT2D eigenvalue weighted by molar-refractivity contribution is -0.119. The molecule has 0 aliphatic carbocycles.